The quantitative estimate of drug-likeness (QED) is 0.749. The minimum atomic E-state index is -0.902. The Morgan fingerprint density at radius 2 is 1.96 bits per heavy atom. The van der Waals surface area contributed by atoms with Crippen LogP contribution in [0.1, 0.15) is 18.3 Å². The monoisotopic (exact) mass is 363 g/mol. The molecule has 27 heavy (non-hydrogen) atoms. The molecule has 0 saturated heterocycles. The van der Waals surface area contributed by atoms with Gasteiger partial charge in [0, 0.05) is 24.5 Å². The van der Waals surface area contributed by atoms with Gasteiger partial charge in [-0.1, -0.05) is 30.3 Å². The molecular formula is C20H21N5O2. The number of pyridine rings is 1. The maximum absolute atomic E-state index is 13.1. The predicted octanol–water partition coefficient (Wildman–Crippen LogP) is 1.94. The summed E-state index contributed by atoms with van der Waals surface area (Å²) in [6, 6.07) is 13.7. The van der Waals surface area contributed by atoms with Gasteiger partial charge in [-0.25, -0.2) is 0 Å². The summed E-state index contributed by atoms with van der Waals surface area (Å²) in [7, 11) is 0. The predicted molar refractivity (Wildman–Crippen MR) is 99.7 cm³/mol. The first-order valence-electron chi connectivity index (χ1n) is 8.93. The van der Waals surface area contributed by atoms with Gasteiger partial charge in [0.2, 0.25) is 5.91 Å². The van der Waals surface area contributed by atoms with Gasteiger partial charge in [0.1, 0.15) is 12.1 Å². The van der Waals surface area contributed by atoms with Crippen LogP contribution in [0, 0.1) is 0 Å². The van der Waals surface area contributed by atoms with Gasteiger partial charge in [0.05, 0.1) is 6.61 Å². The Morgan fingerprint density at radius 1 is 1.19 bits per heavy atom. The van der Waals surface area contributed by atoms with Crippen LogP contribution < -0.4 is 5.32 Å². The lowest BCUT2D eigenvalue weighted by molar-refractivity contribution is -0.135. The van der Waals surface area contributed by atoms with E-state index in [9.17, 15) is 4.79 Å². The van der Waals surface area contributed by atoms with Gasteiger partial charge in [-0.15, -0.1) is 10.2 Å². The van der Waals surface area contributed by atoms with Crippen molar-refractivity contribution in [1.29, 1.82) is 0 Å². The molecule has 1 aromatic carbocycles. The summed E-state index contributed by atoms with van der Waals surface area (Å²) >= 11 is 0. The summed E-state index contributed by atoms with van der Waals surface area (Å²) in [6.07, 6.45) is 4.25. The van der Waals surface area contributed by atoms with E-state index in [-0.39, 0.29) is 12.5 Å². The fraction of sp³-hybridized carbons (Fsp3) is 0.300. The highest BCUT2D eigenvalue weighted by Gasteiger charge is 2.42. The van der Waals surface area contributed by atoms with Crippen molar-refractivity contribution in [2.24, 2.45) is 0 Å². The van der Waals surface area contributed by atoms with Crippen LogP contribution >= 0.6 is 0 Å². The van der Waals surface area contributed by atoms with Crippen molar-refractivity contribution in [3.05, 3.63) is 66.2 Å². The highest BCUT2D eigenvalue weighted by atomic mass is 16.5. The Morgan fingerprint density at radius 3 is 2.74 bits per heavy atom. The van der Waals surface area contributed by atoms with E-state index in [1.165, 1.54) is 0 Å². The average molecular weight is 363 g/mol. The van der Waals surface area contributed by atoms with Crippen molar-refractivity contribution in [2.45, 2.75) is 25.5 Å². The van der Waals surface area contributed by atoms with Crippen molar-refractivity contribution in [3.8, 4) is 11.4 Å². The number of nitrogens with one attached hydrogen (secondary N) is 1. The highest BCUT2D eigenvalue weighted by molar-refractivity contribution is 5.85. The number of hydrogen-bond donors (Lipinski definition) is 1. The number of benzene rings is 1. The molecular weight excluding hydrogens is 342 g/mol. The Labute approximate surface area is 157 Å². The minimum absolute atomic E-state index is 0.102. The molecule has 138 valence electrons. The first kappa shape index (κ1) is 17.4. The fourth-order valence-electron chi connectivity index (χ4n) is 3.34. The number of nitrogens with zero attached hydrogens (tertiary/aromatic N) is 4. The molecule has 0 fully saturated rings. The molecule has 0 spiro atoms. The van der Waals surface area contributed by atoms with Crippen LogP contribution in [-0.2, 0) is 28.1 Å². The second kappa shape index (κ2) is 7.28. The van der Waals surface area contributed by atoms with E-state index in [4.69, 9.17) is 4.74 Å². The molecule has 1 unspecified atom stereocenters. The number of fused-ring (bicyclic) bond motifs is 1. The van der Waals surface area contributed by atoms with Crippen LogP contribution in [0.15, 0.2) is 54.9 Å². The van der Waals surface area contributed by atoms with Gasteiger partial charge in [-0.05, 0) is 31.0 Å². The van der Waals surface area contributed by atoms with E-state index in [1.807, 2.05) is 54.0 Å². The highest BCUT2D eigenvalue weighted by Crippen LogP contribution is 2.30. The third kappa shape index (κ3) is 3.33. The number of ether oxygens (including phenoxy) is 1. The Kier molecular flexibility index (Phi) is 4.68. The molecule has 1 aliphatic heterocycles. The molecule has 0 saturated carbocycles. The Hall–Kier alpha value is -3.06. The van der Waals surface area contributed by atoms with Gasteiger partial charge in [-0.2, -0.15) is 0 Å². The van der Waals surface area contributed by atoms with Crippen LogP contribution in [0.2, 0.25) is 0 Å². The molecule has 7 nitrogen and oxygen atoms in total. The van der Waals surface area contributed by atoms with E-state index >= 15 is 0 Å². The fourth-order valence-corrected chi connectivity index (χ4v) is 3.34. The third-order valence-electron chi connectivity index (χ3n) is 4.81. The smallest absolute Gasteiger partial charge is 0.248 e. The first-order valence-corrected chi connectivity index (χ1v) is 8.93. The Bertz CT molecular complexity index is 926. The second-order valence-electron chi connectivity index (χ2n) is 6.77. The molecule has 1 atom stereocenters. The lowest BCUT2D eigenvalue weighted by Gasteiger charge is -2.35. The third-order valence-corrected chi connectivity index (χ3v) is 4.81. The second-order valence-corrected chi connectivity index (χ2v) is 6.77. The van der Waals surface area contributed by atoms with Crippen LogP contribution in [0.4, 0.5) is 0 Å². The Balaban J connectivity index is 1.57. The molecule has 2 aromatic heterocycles. The summed E-state index contributed by atoms with van der Waals surface area (Å²) in [5.74, 6) is 1.24. The van der Waals surface area contributed by atoms with Gasteiger partial charge in [-0.3, -0.25) is 14.3 Å². The van der Waals surface area contributed by atoms with Gasteiger partial charge in [0.25, 0.3) is 0 Å². The number of hydrogen-bond acceptors (Lipinski definition) is 5. The van der Waals surface area contributed by atoms with Crippen LogP contribution in [-0.4, -0.2) is 38.8 Å². The number of carbonyl (C=O) groups is 1. The minimum Gasteiger partial charge on any atom is -0.370 e. The van der Waals surface area contributed by atoms with Gasteiger partial charge in [0.15, 0.2) is 11.6 Å². The average Bonchev–Trinajstić information content (AvgIpc) is 3.15. The van der Waals surface area contributed by atoms with E-state index in [2.05, 4.69) is 20.5 Å². The molecule has 3 heterocycles. The topological polar surface area (TPSA) is 81.9 Å². The SMILES string of the molecule is CC1(C(=O)NCCc2ccncc2)COCc2nnc(-c3ccccc3)n21. The summed E-state index contributed by atoms with van der Waals surface area (Å²) < 4.78 is 7.56. The molecule has 7 heteroatoms. The van der Waals surface area contributed by atoms with Crippen molar-refractivity contribution in [1.82, 2.24) is 25.1 Å². The summed E-state index contributed by atoms with van der Waals surface area (Å²) in [5.41, 5.74) is 1.15. The maximum Gasteiger partial charge on any atom is 0.248 e. The maximum atomic E-state index is 13.1. The van der Waals surface area contributed by atoms with Crippen molar-refractivity contribution in [2.75, 3.05) is 13.2 Å². The van der Waals surface area contributed by atoms with E-state index in [0.717, 1.165) is 17.5 Å². The van der Waals surface area contributed by atoms with Gasteiger partial charge >= 0.3 is 0 Å². The molecule has 4 rings (SSSR count). The number of carbonyl (C=O) groups excluding carboxylic acids is 1. The van der Waals surface area contributed by atoms with E-state index in [0.29, 0.717) is 24.8 Å². The standard InChI is InChI=1S/C20H21N5O2/c1-20(19(26)22-12-9-15-7-10-21-11-8-15)14-27-13-17-23-24-18(25(17)20)16-5-3-2-4-6-16/h2-8,10-11H,9,12-14H2,1H3,(H,22,26). The molecule has 1 N–H and O–H groups in total. The molecule has 1 aliphatic rings. The molecule has 1 amide bonds. The molecule has 0 radical (unpaired) electrons. The number of aromatic nitrogens is 4. The van der Waals surface area contributed by atoms with E-state index in [1.54, 1.807) is 12.4 Å². The lowest BCUT2D eigenvalue weighted by Crippen LogP contribution is -2.53. The van der Waals surface area contributed by atoms with E-state index < -0.39 is 5.54 Å². The van der Waals surface area contributed by atoms with Crippen molar-refractivity contribution in [3.63, 3.8) is 0 Å². The zero-order chi connectivity index (χ0) is 18.7. The summed E-state index contributed by atoms with van der Waals surface area (Å²) in [6.45, 7) is 3.03. The lowest BCUT2D eigenvalue weighted by atomic mass is 9.99. The van der Waals surface area contributed by atoms with Crippen molar-refractivity contribution < 1.29 is 9.53 Å². The molecule has 0 aliphatic carbocycles. The molecule has 0 bridgehead atoms. The number of amides is 1. The van der Waals surface area contributed by atoms with Crippen molar-refractivity contribution >= 4 is 5.91 Å². The van der Waals surface area contributed by atoms with Gasteiger partial charge < -0.3 is 10.1 Å². The van der Waals surface area contributed by atoms with Crippen LogP contribution in [0.25, 0.3) is 11.4 Å². The summed E-state index contributed by atoms with van der Waals surface area (Å²) in [4.78, 5) is 17.1. The van der Waals surface area contributed by atoms with Crippen LogP contribution in [0.5, 0.6) is 0 Å². The first-order chi connectivity index (χ1) is 13.2. The zero-order valence-electron chi connectivity index (χ0n) is 15.1. The number of rotatable bonds is 5. The van der Waals surface area contributed by atoms with Crippen LogP contribution in [0.3, 0.4) is 0 Å². The normalized spacial score (nSPS) is 18.7. The molecule has 3 aromatic rings. The zero-order valence-corrected chi connectivity index (χ0v) is 15.1. The largest absolute Gasteiger partial charge is 0.370 e. The summed E-state index contributed by atoms with van der Waals surface area (Å²) in [5, 5.41) is 11.6.